The first-order chi connectivity index (χ1) is 11.0. The summed E-state index contributed by atoms with van der Waals surface area (Å²) < 4.78 is 1.81. The zero-order valence-electron chi connectivity index (χ0n) is 15.1. The molecule has 0 saturated heterocycles. The molecule has 132 valence electrons. The van der Waals surface area contributed by atoms with Crippen molar-refractivity contribution in [3.05, 3.63) is 18.0 Å². The molecule has 0 aliphatic rings. The molecule has 0 aliphatic carbocycles. The van der Waals surface area contributed by atoms with Gasteiger partial charge in [-0.3, -0.25) is 9.67 Å². The van der Waals surface area contributed by atoms with E-state index in [0.29, 0.717) is 6.54 Å². The molecule has 0 spiro atoms. The molecular weight excluding hydrogens is 290 g/mol. The largest absolute Gasteiger partial charge is 0.388 e. The maximum absolute atomic E-state index is 10.7. The standard InChI is InChI=1S/C17H33N5O/c1-5-9-17(23,10-6-2)14-20-16(18-7-3)19-11-8-15-12-21-22(4)13-15/h12-13,23H,5-11,14H2,1-4H3,(H2,18,19,20). The van der Waals surface area contributed by atoms with Gasteiger partial charge in [0.05, 0.1) is 18.3 Å². The summed E-state index contributed by atoms with van der Waals surface area (Å²) in [4.78, 5) is 4.58. The van der Waals surface area contributed by atoms with E-state index in [4.69, 9.17) is 0 Å². The first-order valence-electron chi connectivity index (χ1n) is 8.75. The van der Waals surface area contributed by atoms with Gasteiger partial charge in [-0.25, -0.2) is 0 Å². The molecular formula is C17H33N5O. The lowest BCUT2D eigenvalue weighted by Gasteiger charge is -2.26. The van der Waals surface area contributed by atoms with E-state index in [1.807, 2.05) is 31.0 Å². The molecule has 0 aliphatic heterocycles. The summed E-state index contributed by atoms with van der Waals surface area (Å²) in [6, 6.07) is 0. The maximum Gasteiger partial charge on any atom is 0.191 e. The van der Waals surface area contributed by atoms with Crippen LogP contribution in [0.25, 0.3) is 0 Å². The van der Waals surface area contributed by atoms with Crippen LogP contribution < -0.4 is 10.6 Å². The second kappa shape index (κ2) is 10.3. The van der Waals surface area contributed by atoms with Crippen molar-refractivity contribution in [2.24, 2.45) is 12.0 Å². The van der Waals surface area contributed by atoms with E-state index < -0.39 is 5.60 Å². The minimum Gasteiger partial charge on any atom is -0.388 e. The van der Waals surface area contributed by atoms with Gasteiger partial charge in [0.2, 0.25) is 0 Å². The van der Waals surface area contributed by atoms with Crippen LogP contribution >= 0.6 is 0 Å². The Kier molecular flexibility index (Phi) is 8.69. The topological polar surface area (TPSA) is 74.5 Å². The predicted molar refractivity (Wildman–Crippen MR) is 95.7 cm³/mol. The second-order valence-electron chi connectivity index (χ2n) is 6.12. The summed E-state index contributed by atoms with van der Waals surface area (Å²) in [6.45, 7) is 8.28. The summed E-state index contributed by atoms with van der Waals surface area (Å²) in [5, 5.41) is 21.4. The second-order valence-corrected chi connectivity index (χ2v) is 6.12. The molecule has 1 aromatic heterocycles. The molecule has 23 heavy (non-hydrogen) atoms. The zero-order valence-corrected chi connectivity index (χ0v) is 15.1. The summed E-state index contributed by atoms with van der Waals surface area (Å²) in [6.07, 6.45) is 8.32. The molecule has 0 amide bonds. The smallest absolute Gasteiger partial charge is 0.191 e. The van der Waals surface area contributed by atoms with Gasteiger partial charge in [0.25, 0.3) is 0 Å². The van der Waals surface area contributed by atoms with Gasteiger partial charge in [-0.15, -0.1) is 0 Å². The van der Waals surface area contributed by atoms with Crippen molar-refractivity contribution < 1.29 is 5.11 Å². The van der Waals surface area contributed by atoms with Crippen molar-refractivity contribution in [3.63, 3.8) is 0 Å². The average molecular weight is 323 g/mol. The van der Waals surface area contributed by atoms with Gasteiger partial charge in [0, 0.05) is 26.3 Å². The number of nitrogens with one attached hydrogen (secondary N) is 2. The highest BCUT2D eigenvalue weighted by Crippen LogP contribution is 2.19. The third-order valence-electron chi connectivity index (χ3n) is 3.77. The summed E-state index contributed by atoms with van der Waals surface area (Å²) in [5.74, 6) is 0.766. The Balaban J connectivity index is 2.54. The lowest BCUT2D eigenvalue weighted by Crippen LogP contribution is -2.40. The third-order valence-corrected chi connectivity index (χ3v) is 3.77. The van der Waals surface area contributed by atoms with Crippen molar-refractivity contribution >= 4 is 5.96 Å². The lowest BCUT2D eigenvalue weighted by atomic mass is 9.93. The maximum atomic E-state index is 10.7. The van der Waals surface area contributed by atoms with Gasteiger partial charge < -0.3 is 15.7 Å². The van der Waals surface area contributed by atoms with Crippen LogP contribution in [-0.4, -0.2) is 46.1 Å². The van der Waals surface area contributed by atoms with Gasteiger partial charge in [-0.1, -0.05) is 26.7 Å². The minimum absolute atomic E-state index is 0.441. The highest BCUT2D eigenvalue weighted by molar-refractivity contribution is 5.79. The van der Waals surface area contributed by atoms with Crippen LogP contribution in [-0.2, 0) is 13.5 Å². The molecule has 0 bridgehead atoms. The van der Waals surface area contributed by atoms with Crippen LogP contribution in [0.15, 0.2) is 17.4 Å². The highest BCUT2D eigenvalue weighted by atomic mass is 16.3. The number of hydrogen-bond acceptors (Lipinski definition) is 3. The first kappa shape index (κ1) is 19.5. The molecule has 0 unspecified atom stereocenters. The van der Waals surface area contributed by atoms with E-state index in [-0.39, 0.29) is 0 Å². The van der Waals surface area contributed by atoms with Crippen molar-refractivity contribution in [1.82, 2.24) is 20.4 Å². The normalized spacial score (nSPS) is 12.5. The van der Waals surface area contributed by atoms with Gasteiger partial charge in [-0.05, 0) is 31.7 Å². The number of guanidine groups is 1. The fourth-order valence-electron chi connectivity index (χ4n) is 2.71. The molecule has 6 nitrogen and oxygen atoms in total. The van der Waals surface area contributed by atoms with Crippen LogP contribution in [0.2, 0.25) is 0 Å². The average Bonchev–Trinajstić information content (AvgIpc) is 2.91. The number of rotatable bonds is 10. The van der Waals surface area contributed by atoms with Crippen molar-refractivity contribution in [1.29, 1.82) is 0 Å². The Morgan fingerprint density at radius 1 is 1.26 bits per heavy atom. The molecule has 0 fully saturated rings. The SMILES string of the molecule is CCCC(O)(CCC)CN=C(NCC)NCCc1cnn(C)c1. The number of aryl methyl sites for hydroxylation is 1. The number of aliphatic imine (C=N–C) groups is 1. The number of hydrogen-bond donors (Lipinski definition) is 3. The van der Waals surface area contributed by atoms with Gasteiger partial charge in [0.15, 0.2) is 5.96 Å². The van der Waals surface area contributed by atoms with Gasteiger partial charge >= 0.3 is 0 Å². The van der Waals surface area contributed by atoms with E-state index >= 15 is 0 Å². The van der Waals surface area contributed by atoms with E-state index in [9.17, 15) is 5.11 Å². The molecule has 1 heterocycles. The minimum atomic E-state index is -0.685. The van der Waals surface area contributed by atoms with Crippen LogP contribution in [0, 0.1) is 0 Å². The molecule has 3 N–H and O–H groups in total. The molecule has 1 rings (SSSR count). The Labute approximate surface area is 140 Å². The lowest BCUT2D eigenvalue weighted by molar-refractivity contribution is 0.0306. The van der Waals surface area contributed by atoms with Gasteiger partial charge in [0.1, 0.15) is 0 Å². The number of aromatic nitrogens is 2. The fraction of sp³-hybridized carbons (Fsp3) is 0.765. The summed E-state index contributed by atoms with van der Waals surface area (Å²) >= 11 is 0. The predicted octanol–water partition coefficient (Wildman–Crippen LogP) is 1.85. The Morgan fingerprint density at radius 2 is 1.96 bits per heavy atom. The van der Waals surface area contributed by atoms with Crippen molar-refractivity contribution in [2.75, 3.05) is 19.6 Å². The third kappa shape index (κ3) is 7.50. The molecule has 0 radical (unpaired) electrons. The zero-order chi connectivity index (χ0) is 17.1. The van der Waals surface area contributed by atoms with Crippen molar-refractivity contribution in [3.8, 4) is 0 Å². The molecule has 0 atom stereocenters. The molecule has 6 heteroatoms. The Bertz CT molecular complexity index is 463. The van der Waals surface area contributed by atoms with E-state index in [2.05, 4.69) is 34.6 Å². The van der Waals surface area contributed by atoms with Gasteiger partial charge in [-0.2, -0.15) is 5.10 Å². The Morgan fingerprint density at radius 3 is 2.48 bits per heavy atom. The Hall–Kier alpha value is -1.56. The highest BCUT2D eigenvalue weighted by Gasteiger charge is 2.24. The fourth-order valence-corrected chi connectivity index (χ4v) is 2.71. The molecule has 1 aromatic rings. The summed E-state index contributed by atoms with van der Waals surface area (Å²) in [7, 11) is 1.92. The number of aliphatic hydroxyl groups is 1. The monoisotopic (exact) mass is 323 g/mol. The van der Waals surface area contributed by atoms with Crippen LogP contribution in [0.5, 0.6) is 0 Å². The van der Waals surface area contributed by atoms with Crippen LogP contribution in [0.1, 0.15) is 52.0 Å². The van der Waals surface area contributed by atoms with E-state index in [0.717, 1.165) is 51.2 Å². The van der Waals surface area contributed by atoms with E-state index in [1.54, 1.807) is 0 Å². The quantitative estimate of drug-likeness (QED) is 0.454. The number of nitrogens with zero attached hydrogens (tertiary/aromatic N) is 3. The molecule has 0 saturated carbocycles. The molecule has 0 aromatic carbocycles. The first-order valence-corrected chi connectivity index (χ1v) is 8.75. The van der Waals surface area contributed by atoms with E-state index in [1.165, 1.54) is 5.56 Å². The van der Waals surface area contributed by atoms with Crippen molar-refractivity contribution in [2.45, 2.75) is 58.5 Å². The van der Waals surface area contributed by atoms with Crippen LogP contribution in [0.4, 0.5) is 0 Å². The van der Waals surface area contributed by atoms with Crippen LogP contribution in [0.3, 0.4) is 0 Å². The summed E-state index contributed by atoms with van der Waals surface area (Å²) in [5.41, 5.74) is 0.513.